The van der Waals surface area contributed by atoms with E-state index in [-0.39, 0.29) is 0 Å². The second-order valence-corrected chi connectivity index (χ2v) is 6.53. The summed E-state index contributed by atoms with van der Waals surface area (Å²) < 4.78 is 5.64. The maximum atomic E-state index is 5.64. The highest BCUT2D eigenvalue weighted by Crippen LogP contribution is 2.32. The first-order valence-corrected chi connectivity index (χ1v) is 8.92. The first-order valence-electron chi connectivity index (χ1n) is 8.92. The predicted molar refractivity (Wildman–Crippen MR) is 108 cm³/mol. The quantitative estimate of drug-likeness (QED) is 0.511. The van der Waals surface area contributed by atoms with Gasteiger partial charge >= 0.3 is 0 Å². The molecule has 4 rings (SSSR count). The number of rotatable bonds is 4. The standard InChI is InChI=1S/C23H22N2O/c1-4-16-6-5-7-18-22(26-3)14-21(25-23(16)18)20-13-12-19(24-20)17-10-8-15(2)9-11-17/h5-14,24H,4H2,1-3H3. The molecule has 0 saturated carbocycles. The average molecular weight is 342 g/mol. The van der Waals surface area contributed by atoms with E-state index >= 15 is 0 Å². The van der Waals surface area contributed by atoms with E-state index in [1.54, 1.807) is 7.11 Å². The Hall–Kier alpha value is -3.07. The van der Waals surface area contributed by atoms with Gasteiger partial charge in [0.05, 0.1) is 24.0 Å². The maximum absolute atomic E-state index is 5.64. The zero-order valence-corrected chi connectivity index (χ0v) is 15.3. The van der Waals surface area contributed by atoms with Crippen LogP contribution in [0.5, 0.6) is 5.75 Å². The molecule has 0 radical (unpaired) electrons. The van der Waals surface area contributed by atoms with E-state index in [1.165, 1.54) is 16.7 Å². The van der Waals surface area contributed by atoms with Crippen molar-refractivity contribution in [3.63, 3.8) is 0 Å². The van der Waals surface area contributed by atoms with Gasteiger partial charge in [-0.15, -0.1) is 0 Å². The molecule has 2 aromatic heterocycles. The number of benzene rings is 2. The lowest BCUT2D eigenvalue weighted by Gasteiger charge is -2.10. The van der Waals surface area contributed by atoms with Crippen molar-refractivity contribution < 1.29 is 4.74 Å². The monoisotopic (exact) mass is 342 g/mol. The second kappa shape index (κ2) is 6.68. The van der Waals surface area contributed by atoms with Gasteiger partial charge in [-0.2, -0.15) is 0 Å². The Morgan fingerprint density at radius 3 is 2.46 bits per heavy atom. The fraction of sp³-hybridized carbons (Fsp3) is 0.174. The second-order valence-electron chi connectivity index (χ2n) is 6.53. The van der Waals surface area contributed by atoms with Gasteiger partial charge in [0.15, 0.2) is 0 Å². The number of aromatic nitrogens is 2. The summed E-state index contributed by atoms with van der Waals surface area (Å²) in [5, 5.41) is 1.06. The fourth-order valence-electron chi connectivity index (χ4n) is 3.32. The number of nitrogens with zero attached hydrogens (tertiary/aromatic N) is 1. The van der Waals surface area contributed by atoms with Gasteiger partial charge in [-0.3, -0.25) is 0 Å². The van der Waals surface area contributed by atoms with Gasteiger partial charge in [-0.25, -0.2) is 4.98 Å². The van der Waals surface area contributed by atoms with Gasteiger partial charge in [0.25, 0.3) is 0 Å². The Morgan fingerprint density at radius 2 is 1.73 bits per heavy atom. The number of fused-ring (bicyclic) bond motifs is 1. The van der Waals surface area contributed by atoms with Crippen molar-refractivity contribution in [2.24, 2.45) is 0 Å². The number of methoxy groups -OCH3 is 1. The number of hydrogen-bond acceptors (Lipinski definition) is 2. The fourth-order valence-corrected chi connectivity index (χ4v) is 3.32. The summed E-state index contributed by atoms with van der Waals surface area (Å²) in [6, 6.07) is 21.0. The summed E-state index contributed by atoms with van der Waals surface area (Å²) in [4.78, 5) is 8.44. The lowest BCUT2D eigenvalue weighted by Crippen LogP contribution is -1.94. The Bertz CT molecular complexity index is 1060. The Kier molecular flexibility index (Phi) is 4.21. The number of aryl methyl sites for hydroxylation is 2. The lowest BCUT2D eigenvalue weighted by molar-refractivity contribution is 0.419. The Morgan fingerprint density at radius 1 is 0.962 bits per heavy atom. The highest BCUT2D eigenvalue weighted by molar-refractivity contribution is 5.90. The molecule has 3 heteroatoms. The molecule has 0 saturated heterocycles. The Labute approximate surface area is 153 Å². The van der Waals surface area contributed by atoms with Crippen molar-refractivity contribution in [3.8, 4) is 28.4 Å². The molecule has 0 amide bonds. The molecule has 0 aliphatic carbocycles. The SMILES string of the molecule is CCc1cccc2c(OC)cc(-c3ccc(-c4ccc(C)cc4)[nH]3)nc12. The van der Waals surface area contributed by atoms with Gasteiger partial charge in [0.1, 0.15) is 5.75 Å². The van der Waals surface area contributed by atoms with E-state index in [9.17, 15) is 0 Å². The number of nitrogens with one attached hydrogen (secondary N) is 1. The molecule has 0 aliphatic heterocycles. The summed E-state index contributed by atoms with van der Waals surface area (Å²) in [7, 11) is 1.71. The van der Waals surface area contributed by atoms with Crippen molar-refractivity contribution in [1.29, 1.82) is 0 Å². The normalized spacial score (nSPS) is 11.0. The molecule has 130 valence electrons. The van der Waals surface area contributed by atoms with Gasteiger partial charge in [-0.05, 0) is 42.7 Å². The first kappa shape index (κ1) is 16.4. The summed E-state index contributed by atoms with van der Waals surface area (Å²) in [6.45, 7) is 4.25. The number of ether oxygens (including phenoxy) is 1. The average Bonchev–Trinajstić information content (AvgIpc) is 3.17. The highest BCUT2D eigenvalue weighted by Gasteiger charge is 2.12. The van der Waals surface area contributed by atoms with Crippen LogP contribution in [-0.2, 0) is 6.42 Å². The number of H-pyrrole nitrogens is 1. The van der Waals surface area contributed by atoms with Crippen LogP contribution in [0.1, 0.15) is 18.1 Å². The van der Waals surface area contributed by atoms with E-state index in [0.717, 1.165) is 40.2 Å². The van der Waals surface area contributed by atoms with Crippen molar-refractivity contribution in [1.82, 2.24) is 9.97 Å². The van der Waals surface area contributed by atoms with Crippen molar-refractivity contribution >= 4 is 10.9 Å². The van der Waals surface area contributed by atoms with E-state index in [4.69, 9.17) is 9.72 Å². The van der Waals surface area contributed by atoms with Crippen LogP contribution in [0.4, 0.5) is 0 Å². The van der Waals surface area contributed by atoms with Gasteiger partial charge in [0, 0.05) is 17.1 Å². The van der Waals surface area contributed by atoms with Crippen LogP contribution in [-0.4, -0.2) is 17.1 Å². The molecule has 0 bridgehead atoms. The van der Waals surface area contributed by atoms with E-state index in [1.807, 2.05) is 6.07 Å². The molecule has 0 aliphatic rings. The van der Waals surface area contributed by atoms with Crippen LogP contribution >= 0.6 is 0 Å². The van der Waals surface area contributed by atoms with Crippen molar-refractivity contribution in [2.75, 3.05) is 7.11 Å². The molecule has 2 heterocycles. The molecule has 1 N–H and O–H groups in total. The Balaban J connectivity index is 1.83. The minimum absolute atomic E-state index is 0.854. The summed E-state index contributed by atoms with van der Waals surface area (Å²) in [6.07, 6.45) is 0.941. The molecule has 0 fully saturated rings. The zero-order chi connectivity index (χ0) is 18.1. The van der Waals surface area contributed by atoms with Crippen LogP contribution in [0.2, 0.25) is 0 Å². The third-order valence-corrected chi connectivity index (χ3v) is 4.81. The van der Waals surface area contributed by atoms with Gasteiger partial charge < -0.3 is 9.72 Å². The van der Waals surface area contributed by atoms with Crippen LogP contribution < -0.4 is 4.74 Å². The first-order chi connectivity index (χ1) is 12.7. The third kappa shape index (κ3) is 2.86. The van der Waals surface area contributed by atoms with E-state index in [0.29, 0.717) is 0 Å². The summed E-state index contributed by atoms with van der Waals surface area (Å²) in [5.74, 6) is 0.854. The smallest absolute Gasteiger partial charge is 0.130 e. The largest absolute Gasteiger partial charge is 0.496 e. The molecular formula is C23H22N2O. The molecule has 0 spiro atoms. The van der Waals surface area contributed by atoms with Crippen LogP contribution in [0.15, 0.2) is 60.7 Å². The maximum Gasteiger partial charge on any atom is 0.130 e. The number of aromatic amines is 1. The number of para-hydroxylation sites is 1. The van der Waals surface area contributed by atoms with Crippen molar-refractivity contribution in [3.05, 3.63) is 71.8 Å². The predicted octanol–water partition coefficient (Wildman–Crippen LogP) is 5.78. The summed E-state index contributed by atoms with van der Waals surface area (Å²) >= 11 is 0. The van der Waals surface area contributed by atoms with Crippen LogP contribution in [0, 0.1) is 6.92 Å². The molecule has 26 heavy (non-hydrogen) atoms. The number of pyridine rings is 1. The van der Waals surface area contributed by atoms with Crippen LogP contribution in [0.3, 0.4) is 0 Å². The lowest BCUT2D eigenvalue weighted by atomic mass is 10.1. The zero-order valence-electron chi connectivity index (χ0n) is 15.3. The van der Waals surface area contributed by atoms with Crippen LogP contribution in [0.25, 0.3) is 33.5 Å². The molecule has 4 aromatic rings. The molecule has 0 atom stereocenters. The molecule has 0 unspecified atom stereocenters. The van der Waals surface area contributed by atoms with E-state index in [2.05, 4.69) is 73.4 Å². The summed E-state index contributed by atoms with van der Waals surface area (Å²) in [5.41, 5.74) is 7.64. The highest BCUT2D eigenvalue weighted by atomic mass is 16.5. The minimum Gasteiger partial charge on any atom is -0.496 e. The van der Waals surface area contributed by atoms with Gasteiger partial charge in [-0.1, -0.05) is 48.9 Å². The van der Waals surface area contributed by atoms with Crippen molar-refractivity contribution in [2.45, 2.75) is 20.3 Å². The third-order valence-electron chi connectivity index (χ3n) is 4.81. The molecule has 2 aromatic carbocycles. The van der Waals surface area contributed by atoms with E-state index < -0.39 is 0 Å². The van der Waals surface area contributed by atoms with Gasteiger partial charge in [0.2, 0.25) is 0 Å². The minimum atomic E-state index is 0.854. The number of hydrogen-bond donors (Lipinski definition) is 1. The topological polar surface area (TPSA) is 37.9 Å². The molecule has 3 nitrogen and oxygen atoms in total. The molecular weight excluding hydrogens is 320 g/mol.